The molecule has 6 heteroatoms. The molecule has 2 rings (SSSR count). The van der Waals surface area contributed by atoms with E-state index in [1.54, 1.807) is 12.1 Å². The van der Waals surface area contributed by atoms with Crippen LogP contribution in [-0.4, -0.2) is 20.4 Å². The molecule has 86 valence electrons. The Morgan fingerprint density at radius 2 is 2.12 bits per heavy atom. The number of nitriles is 1. The Morgan fingerprint density at radius 1 is 1.41 bits per heavy atom. The number of nitrogens with zero attached hydrogens (tertiary/aromatic N) is 3. The summed E-state index contributed by atoms with van der Waals surface area (Å²) in [6, 6.07) is 9.45. The first-order valence-electron chi connectivity index (χ1n) is 4.93. The van der Waals surface area contributed by atoms with Crippen LogP contribution in [0.1, 0.15) is 6.92 Å². The number of halogens is 1. The third-order valence-corrected chi connectivity index (χ3v) is 3.15. The number of hydrogen-bond acceptors (Lipinski definition) is 4. The van der Waals surface area contributed by atoms with Crippen LogP contribution in [0.5, 0.6) is 0 Å². The third-order valence-electron chi connectivity index (χ3n) is 2.05. The lowest BCUT2D eigenvalue weighted by Crippen LogP contribution is -1.90. The molecule has 0 bridgehead atoms. The van der Waals surface area contributed by atoms with E-state index in [1.807, 2.05) is 19.1 Å². The van der Waals surface area contributed by atoms with Gasteiger partial charge in [0.2, 0.25) is 5.16 Å². The average Bonchev–Trinajstić information content (AvgIpc) is 2.78. The van der Waals surface area contributed by atoms with E-state index in [0.29, 0.717) is 16.0 Å². The van der Waals surface area contributed by atoms with Gasteiger partial charge in [0.05, 0.1) is 11.3 Å². The Kier molecular flexibility index (Phi) is 3.67. The second-order valence-electron chi connectivity index (χ2n) is 3.36. The highest BCUT2D eigenvalue weighted by molar-refractivity contribution is 8.00. The Morgan fingerprint density at radius 3 is 2.76 bits per heavy atom. The van der Waals surface area contributed by atoms with Gasteiger partial charge in [-0.3, -0.25) is 5.10 Å². The predicted octanol–water partition coefficient (Wildman–Crippen LogP) is 3.13. The van der Waals surface area contributed by atoms with Crippen molar-refractivity contribution in [3.63, 3.8) is 0 Å². The molecule has 0 saturated carbocycles. The van der Waals surface area contributed by atoms with Crippen molar-refractivity contribution in [2.75, 3.05) is 0 Å². The molecule has 4 nitrogen and oxygen atoms in total. The smallest absolute Gasteiger partial charge is 0.210 e. The van der Waals surface area contributed by atoms with Crippen LogP contribution in [0.15, 0.2) is 29.4 Å². The Bertz CT molecular complexity index is 543. The Balaban J connectivity index is 2.18. The first-order chi connectivity index (χ1) is 8.19. The lowest BCUT2D eigenvalue weighted by molar-refractivity contribution is 0.969. The lowest BCUT2D eigenvalue weighted by Gasteiger charge is -1.96. The molecule has 1 unspecified atom stereocenters. The van der Waals surface area contributed by atoms with Crippen LogP contribution in [0.2, 0.25) is 5.02 Å². The normalized spacial score (nSPS) is 12.1. The zero-order valence-electron chi connectivity index (χ0n) is 9.01. The fourth-order valence-electron chi connectivity index (χ4n) is 1.22. The van der Waals surface area contributed by atoms with Gasteiger partial charge in [-0.05, 0) is 31.2 Å². The van der Waals surface area contributed by atoms with E-state index in [0.717, 1.165) is 5.56 Å². The summed E-state index contributed by atoms with van der Waals surface area (Å²) in [6.45, 7) is 1.81. The first kappa shape index (κ1) is 12.0. The number of hydrogen-bond donors (Lipinski definition) is 1. The van der Waals surface area contributed by atoms with Crippen molar-refractivity contribution in [3.05, 3.63) is 29.3 Å². The van der Waals surface area contributed by atoms with Gasteiger partial charge in [0.15, 0.2) is 5.82 Å². The van der Waals surface area contributed by atoms with E-state index in [4.69, 9.17) is 16.9 Å². The summed E-state index contributed by atoms with van der Waals surface area (Å²) in [6.07, 6.45) is 0. The number of nitrogens with one attached hydrogen (secondary N) is 1. The molecule has 0 aliphatic heterocycles. The van der Waals surface area contributed by atoms with Gasteiger partial charge in [-0.15, -0.1) is 5.10 Å². The van der Waals surface area contributed by atoms with Crippen molar-refractivity contribution < 1.29 is 0 Å². The molecule has 1 N–H and O–H groups in total. The van der Waals surface area contributed by atoms with E-state index >= 15 is 0 Å². The van der Waals surface area contributed by atoms with E-state index in [-0.39, 0.29) is 5.25 Å². The van der Waals surface area contributed by atoms with Crippen LogP contribution in [0.25, 0.3) is 11.4 Å². The largest absolute Gasteiger partial charge is 0.258 e. The van der Waals surface area contributed by atoms with Gasteiger partial charge >= 0.3 is 0 Å². The molecule has 17 heavy (non-hydrogen) atoms. The lowest BCUT2D eigenvalue weighted by atomic mass is 10.2. The number of H-pyrrole nitrogens is 1. The SMILES string of the molecule is CC(C#N)Sc1n[nH]c(-c2ccc(Cl)cc2)n1. The van der Waals surface area contributed by atoms with Crippen LogP contribution < -0.4 is 0 Å². The number of aromatic nitrogens is 3. The zero-order valence-corrected chi connectivity index (χ0v) is 10.6. The summed E-state index contributed by atoms with van der Waals surface area (Å²) in [5.41, 5.74) is 0.915. The minimum Gasteiger partial charge on any atom is -0.258 e. The quantitative estimate of drug-likeness (QED) is 0.865. The molecule has 0 aliphatic rings. The predicted molar refractivity (Wildman–Crippen MR) is 67.8 cm³/mol. The second-order valence-corrected chi connectivity index (χ2v) is 5.11. The molecule has 1 atom stereocenters. The standard InChI is InChI=1S/C11H9ClN4S/c1-7(6-13)17-11-14-10(15-16-11)8-2-4-9(12)5-3-8/h2-5,7H,1H3,(H,14,15,16). The van der Waals surface area contributed by atoms with Crippen LogP contribution in [0, 0.1) is 11.3 Å². The van der Waals surface area contributed by atoms with Crippen molar-refractivity contribution in [2.45, 2.75) is 17.3 Å². The third kappa shape index (κ3) is 2.99. The van der Waals surface area contributed by atoms with E-state index in [1.165, 1.54) is 11.8 Å². The molecule has 0 aliphatic carbocycles. The van der Waals surface area contributed by atoms with Crippen LogP contribution in [0.3, 0.4) is 0 Å². The summed E-state index contributed by atoms with van der Waals surface area (Å²) < 4.78 is 0. The molecule has 0 fully saturated rings. The first-order valence-corrected chi connectivity index (χ1v) is 6.19. The van der Waals surface area contributed by atoms with Gasteiger partial charge in [-0.2, -0.15) is 5.26 Å². The highest BCUT2D eigenvalue weighted by Crippen LogP contribution is 2.22. The van der Waals surface area contributed by atoms with E-state index < -0.39 is 0 Å². The van der Waals surface area contributed by atoms with E-state index in [9.17, 15) is 0 Å². The van der Waals surface area contributed by atoms with Gasteiger partial charge in [-0.25, -0.2) is 4.98 Å². The van der Waals surface area contributed by atoms with Crippen molar-refractivity contribution >= 4 is 23.4 Å². The van der Waals surface area contributed by atoms with Crippen molar-refractivity contribution in [1.29, 1.82) is 5.26 Å². The summed E-state index contributed by atoms with van der Waals surface area (Å²) in [5, 5.41) is 16.7. The van der Waals surface area contributed by atoms with Crippen LogP contribution >= 0.6 is 23.4 Å². The van der Waals surface area contributed by atoms with Crippen LogP contribution in [0.4, 0.5) is 0 Å². The number of benzene rings is 1. The van der Waals surface area contributed by atoms with E-state index in [2.05, 4.69) is 21.3 Å². The van der Waals surface area contributed by atoms with Gasteiger partial charge in [-0.1, -0.05) is 23.4 Å². The Hall–Kier alpha value is -1.51. The highest BCUT2D eigenvalue weighted by atomic mass is 35.5. The molecule has 0 spiro atoms. The summed E-state index contributed by atoms with van der Waals surface area (Å²) in [5.74, 6) is 0.675. The molecule has 1 heterocycles. The zero-order chi connectivity index (χ0) is 12.3. The monoisotopic (exact) mass is 264 g/mol. The van der Waals surface area contributed by atoms with Gasteiger partial charge in [0.1, 0.15) is 0 Å². The fourth-order valence-corrected chi connectivity index (χ4v) is 1.96. The molecule has 1 aromatic carbocycles. The molecule has 0 radical (unpaired) electrons. The fraction of sp³-hybridized carbons (Fsp3) is 0.182. The molecule has 0 saturated heterocycles. The maximum absolute atomic E-state index is 8.70. The number of thioether (sulfide) groups is 1. The van der Waals surface area contributed by atoms with Crippen molar-refractivity contribution in [1.82, 2.24) is 15.2 Å². The molecular weight excluding hydrogens is 256 g/mol. The molecule has 1 aromatic heterocycles. The average molecular weight is 265 g/mol. The van der Waals surface area contributed by atoms with Crippen molar-refractivity contribution in [3.8, 4) is 17.5 Å². The Labute approximate surface area is 108 Å². The topological polar surface area (TPSA) is 65.4 Å². The van der Waals surface area contributed by atoms with Gasteiger partial charge in [0.25, 0.3) is 0 Å². The maximum Gasteiger partial charge on any atom is 0.210 e. The minimum atomic E-state index is -0.163. The minimum absolute atomic E-state index is 0.163. The van der Waals surface area contributed by atoms with Gasteiger partial charge < -0.3 is 0 Å². The number of aromatic amines is 1. The van der Waals surface area contributed by atoms with Gasteiger partial charge in [0, 0.05) is 10.6 Å². The summed E-state index contributed by atoms with van der Waals surface area (Å²) in [4.78, 5) is 4.30. The second kappa shape index (κ2) is 5.21. The molecular formula is C11H9ClN4S. The summed E-state index contributed by atoms with van der Waals surface area (Å²) >= 11 is 7.13. The highest BCUT2D eigenvalue weighted by Gasteiger charge is 2.09. The maximum atomic E-state index is 8.70. The molecule has 2 aromatic rings. The number of rotatable bonds is 3. The van der Waals surface area contributed by atoms with Crippen LogP contribution in [-0.2, 0) is 0 Å². The van der Waals surface area contributed by atoms with Crippen molar-refractivity contribution in [2.24, 2.45) is 0 Å². The molecule has 0 amide bonds. The summed E-state index contributed by atoms with van der Waals surface area (Å²) in [7, 11) is 0.